The molecule has 1 amide bonds. The summed E-state index contributed by atoms with van der Waals surface area (Å²) in [4.78, 5) is 23.9. The number of esters is 1. The molecular weight excluding hydrogens is 349 g/mol. The standard InChI is InChI=1S/C18H17Cl2NO3/c1-24-18(23)11-16(13-4-8-15(20)9-5-13)21-17(22)10-12-2-6-14(19)7-3-12/h2-9,16H,10-11H2,1H3,(H,21,22). The molecule has 1 N–H and O–H groups in total. The fourth-order valence-electron chi connectivity index (χ4n) is 2.23. The van der Waals surface area contributed by atoms with Crippen LogP contribution in [0.3, 0.4) is 0 Å². The molecule has 6 heteroatoms. The van der Waals surface area contributed by atoms with Crippen molar-refractivity contribution >= 4 is 35.1 Å². The van der Waals surface area contributed by atoms with Crippen molar-refractivity contribution in [1.29, 1.82) is 0 Å². The fraction of sp³-hybridized carbons (Fsp3) is 0.222. The lowest BCUT2D eigenvalue weighted by Gasteiger charge is -2.18. The summed E-state index contributed by atoms with van der Waals surface area (Å²) >= 11 is 11.7. The molecule has 0 saturated carbocycles. The second-order valence-electron chi connectivity index (χ2n) is 5.26. The highest BCUT2D eigenvalue weighted by atomic mass is 35.5. The van der Waals surface area contributed by atoms with Crippen LogP contribution in [0, 0.1) is 0 Å². The summed E-state index contributed by atoms with van der Waals surface area (Å²) in [5.74, 6) is -0.595. The van der Waals surface area contributed by atoms with Gasteiger partial charge in [-0.15, -0.1) is 0 Å². The van der Waals surface area contributed by atoms with E-state index in [9.17, 15) is 9.59 Å². The summed E-state index contributed by atoms with van der Waals surface area (Å²) in [5.41, 5.74) is 1.62. The van der Waals surface area contributed by atoms with E-state index in [0.717, 1.165) is 11.1 Å². The zero-order chi connectivity index (χ0) is 17.5. The number of rotatable bonds is 6. The first-order chi connectivity index (χ1) is 11.5. The molecule has 0 aliphatic carbocycles. The third kappa shape index (κ3) is 5.55. The highest BCUT2D eigenvalue weighted by molar-refractivity contribution is 6.30. The molecule has 1 unspecified atom stereocenters. The summed E-state index contributed by atoms with van der Waals surface area (Å²) in [6.45, 7) is 0. The zero-order valence-electron chi connectivity index (χ0n) is 13.1. The SMILES string of the molecule is COC(=O)CC(NC(=O)Cc1ccc(Cl)cc1)c1ccc(Cl)cc1. The van der Waals surface area contributed by atoms with E-state index in [1.54, 1.807) is 48.5 Å². The maximum Gasteiger partial charge on any atom is 0.307 e. The molecule has 0 saturated heterocycles. The highest BCUT2D eigenvalue weighted by Gasteiger charge is 2.19. The van der Waals surface area contributed by atoms with Crippen LogP contribution in [0.1, 0.15) is 23.6 Å². The third-order valence-corrected chi connectivity index (χ3v) is 3.99. The minimum atomic E-state index is -0.477. The topological polar surface area (TPSA) is 55.4 Å². The largest absolute Gasteiger partial charge is 0.469 e. The molecule has 0 aliphatic rings. The molecule has 2 rings (SSSR count). The molecule has 0 fully saturated rings. The number of hydrogen-bond donors (Lipinski definition) is 1. The molecule has 4 nitrogen and oxygen atoms in total. The van der Waals surface area contributed by atoms with E-state index in [0.29, 0.717) is 10.0 Å². The average molecular weight is 366 g/mol. The summed E-state index contributed by atoms with van der Waals surface area (Å²) < 4.78 is 4.71. The maximum absolute atomic E-state index is 12.3. The Labute approximate surface area is 150 Å². The van der Waals surface area contributed by atoms with Gasteiger partial charge < -0.3 is 10.1 Å². The molecule has 0 aliphatic heterocycles. The predicted octanol–water partition coefficient (Wildman–Crippen LogP) is 3.96. The van der Waals surface area contributed by atoms with Gasteiger partial charge in [-0.1, -0.05) is 47.5 Å². The van der Waals surface area contributed by atoms with Crippen LogP contribution in [0.5, 0.6) is 0 Å². The molecule has 0 radical (unpaired) electrons. The lowest BCUT2D eigenvalue weighted by molar-refractivity contribution is -0.141. The molecule has 0 heterocycles. The molecule has 126 valence electrons. The van der Waals surface area contributed by atoms with Crippen molar-refractivity contribution in [2.45, 2.75) is 18.9 Å². The second-order valence-corrected chi connectivity index (χ2v) is 6.13. The van der Waals surface area contributed by atoms with Crippen molar-refractivity contribution in [2.75, 3.05) is 7.11 Å². The van der Waals surface area contributed by atoms with Gasteiger partial charge >= 0.3 is 5.97 Å². The van der Waals surface area contributed by atoms with Gasteiger partial charge in [0.2, 0.25) is 5.91 Å². The van der Waals surface area contributed by atoms with Crippen molar-refractivity contribution < 1.29 is 14.3 Å². The van der Waals surface area contributed by atoms with Gasteiger partial charge in [0, 0.05) is 10.0 Å². The second kappa shape index (κ2) is 8.71. The Morgan fingerprint density at radius 1 is 1.00 bits per heavy atom. The number of benzene rings is 2. The van der Waals surface area contributed by atoms with E-state index in [4.69, 9.17) is 27.9 Å². The minimum Gasteiger partial charge on any atom is -0.469 e. The number of halogens is 2. The van der Waals surface area contributed by atoms with Gasteiger partial charge in [-0.05, 0) is 35.4 Å². The average Bonchev–Trinajstić information content (AvgIpc) is 2.57. The van der Waals surface area contributed by atoms with Crippen molar-refractivity contribution in [3.63, 3.8) is 0 Å². The third-order valence-electron chi connectivity index (χ3n) is 3.48. The summed E-state index contributed by atoms with van der Waals surface area (Å²) in [6, 6.07) is 13.6. The number of carbonyl (C=O) groups is 2. The molecule has 0 spiro atoms. The normalized spacial score (nSPS) is 11.6. The van der Waals surface area contributed by atoms with E-state index in [1.807, 2.05) is 0 Å². The summed E-state index contributed by atoms with van der Waals surface area (Å²) in [7, 11) is 1.32. The highest BCUT2D eigenvalue weighted by Crippen LogP contribution is 2.20. The van der Waals surface area contributed by atoms with Crippen LogP contribution in [0.2, 0.25) is 10.0 Å². The quantitative estimate of drug-likeness (QED) is 0.788. The van der Waals surface area contributed by atoms with Gasteiger partial charge in [-0.2, -0.15) is 0 Å². The first-order valence-electron chi connectivity index (χ1n) is 7.34. The summed E-state index contributed by atoms with van der Waals surface area (Å²) in [5, 5.41) is 4.07. The van der Waals surface area contributed by atoms with Crippen molar-refractivity contribution in [2.24, 2.45) is 0 Å². The maximum atomic E-state index is 12.3. The molecule has 0 bridgehead atoms. The van der Waals surface area contributed by atoms with Crippen LogP contribution < -0.4 is 5.32 Å². The van der Waals surface area contributed by atoms with Crippen molar-refractivity contribution in [3.05, 3.63) is 69.7 Å². The zero-order valence-corrected chi connectivity index (χ0v) is 14.6. The Kier molecular flexibility index (Phi) is 6.64. The van der Waals surface area contributed by atoms with E-state index in [-0.39, 0.29) is 18.7 Å². The van der Waals surface area contributed by atoms with E-state index in [2.05, 4.69) is 5.32 Å². The minimum absolute atomic E-state index is 0.0461. The monoisotopic (exact) mass is 365 g/mol. The van der Waals surface area contributed by atoms with Gasteiger partial charge in [0.25, 0.3) is 0 Å². The Bertz CT molecular complexity index is 699. The van der Waals surface area contributed by atoms with Crippen LogP contribution in [-0.4, -0.2) is 19.0 Å². The van der Waals surface area contributed by atoms with E-state index >= 15 is 0 Å². The Morgan fingerprint density at radius 3 is 2.08 bits per heavy atom. The number of carbonyl (C=O) groups excluding carboxylic acids is 2. The number of ether oxygens (including phenoxy) is 1. The lowest BCUT2D eigenvalue weighted by Crippen LogP contribution is -2.31. The molecular formula is C18H17Cl2NO3. The van der Waals surface area contributed by atoms with E-state index in [1.165, 1.54) is 7.11 Å². The van der Waals surface area contributed by atoms with Gasteiger partial charge in [0.1, 0.15) is 0 Å². The van der Waals surface area contributed by atoms with Gasteiger partial charge in [-0.3, -0.25) is 9.59 Å². The smallest absolute Gasteiger partial charge is 0.307 e. The number of hydrogen-bond acceptors (Lipinski definition) is 3. The predicted molar refractivity (Wildman–Crippen MR) is 94.1 cm³/mol. The van der Waals surface area contributed by atoms with Crippen LogP contribution in [0.25, 0.3) is 0 Å². The Morgan fingerprint density at radius 2 is 1.54 bits per heavy atom. The fourth-order valence-corrected chi connectivity index (χ4v) is 2.48. The molecule has 0 aromatic heterocycles. The number of nitrogens with one attached hydrogen (secondary N) is 1. The van der Waals surface area contributed by atoms with Gasteiger partial charge in [0.15, 0.2) is 0 Å². The lowest BCUT2D eigenvalue weighted by atomic mass is 10.0. The first-order valence-corrected chi connectivity index (χ1v) is 8.09. The van der Waals surface area contributed by atoms with Gasteiger partial charge in [0.05, 0.1) is 26.0 Å². The van der Waals surface area contributed by atoms with E-state index < -0.39 is 12.0 Å². The molecule has 24 heavy (non-hydrogen) atoms. The van der Waals surface area contributed by atoms with Crippen molar-refractivity contribution in [1.82, 2.24) is 5.32 Å². The molecule has 2 aromatic carbocycles. The van der Waals surface area contributed by atoms with Gasteiger partial charge in [-0.25, -0.2) is 0 Å². The molecule has 1 atom stereocenters. The van der Waals surface area contributed by atoms with Crippen LogP contribution >= 0.6 is 23.2 Å². The van der Waals surface area contributed by atoms with Crippen LogP contribution in [0.4, 0.5) is 0 Å². The van der Waals surface area contributed by atoms with Crippen molar-refractivity contribution in [3.8, 4) is 0 Å². The van der Waals surface area contributed by atoms with Crippen LogP contribution in [-0.2, 0) is 20.7 Å². The number of amides is 1. The first kappa shape index (κ1) is 18.3. The molecule has 2 aromatic rings. The Balaban J connectivity index is 2.08. The van der Waals surface area contributed by atoms with Crippen LogP contribution in [0.15, 0.2) is 48.5 Å². The summed E-state index contributed by atoms with van der Waals surface area (Å²) in [6.07, 6.45) is 0.243. The number of methoxy groups -OCH3 is 1. The Hall–Kier alpha value is -2.04.